The molecule has 1 saturated carbocycles. The summed E-state index contributed by atoms with van der Waals surface area (Å²) in [5, 5.41) is 12.0. The minimum absolute atomic E-state index is 0. The quantitative estimate of drug-likeness (QED) is 0.557. The topological polar surface area (TPSA) is 32.3 Å². The van der Waals surface area contributed by atoms with E-state index in [9.17, 15) is 0 Å². The Morgan fingerprint density at radius 2 is 2.22 bits per heavy atom. The van der Waals surface area contributed by atoms with Gasteiger partial charge in [-0.2, -0.15) is 0 Å². The first-order chi connectivity index (χ1) is 3.90. The summed E-state index contributed by atoms with van der Waals surface area (Å²) >= 11 is 0. The Morgan fingerprint density at radius 1 is 1.44 bits per heavy atom. The van der Waals surface area contributed by atoms with Crippen LogP contribution in [0.3, 0.4) is 0 Å². The van der Waals surface area contributed by atoms with Gasteiger partial charge in [-0.15, -0.1) is 12.4 Å². The fourth-order valence-electron chi connectivity index (χ4n) is 1.58. The monoisotopic (exact) mass is 149 g/mol. The highest BCUT2D eigenvalue weighted by Gasteiger charge is 2.45. The Balaban J connectivity index is 0.000000405. The number of nitrogens with one attached hydrogen (secondary N) is 1. The Hall–Kier alpha value is 0.210. The van der Waals surface area contributed by atoms with Crippen LogP contribution >= 0.6 is 12.4 Å². The summed E-state index contributed by atoms with van der Waals surface area (Å²) in [7, 11) is 0. The van der Waals surface area contributed by atoms with Gasteiger partial charge in [-0.05, 0) is 18.8 Å². The van der Waals surface area contributed by atoms with Crippen LogP contribution in [0.15, 0.2) is 0 Å². The number of fused-ring (bicyclic) bond motifs is 1. The molecule has 0 bridgehead atoms. The molecule has 2 nitrogen and oxygen atoms in total. The Labute approximate surface area is 61.0 Å². The third-order valence-electron chi connectivity index (χ3n) is 2.18. The number of aliphatic hydroxyl groups excluding tert-OH is 1. The van der Waals surface area contributed by atoms with Gasteiger partial charge in [0.25, 0.3) is 0 Å². The van der Waals surface area contributed by atoms with Crippen molar-refractivity contribution >= 4 is 12.4 Å². The zero-order chi connectivity index (χ0) is 5.56. The summed E-state index contributed by atoms with van der Waals surface area (Å²) in [6.07, 6.45) is 2.57. The maximum absolute atomic E-state index is 8.64. The van der Waals surface area contributed by atoms with Gasteiger partial charge in [0.15, 0.2) is 0 Å². The van der Waals surface area contributed by atoms with Crippen molar-refractivity contribution in [3.8, 4) is 0 Å². The van der Waals surface area contributed by atoms with Crippen molar-refractivity contribution in [3.63, 3.8) is 0 Å². The lowest BCUT2D eigenvalue weighted by Crippen LogP contribution is -2.28. The zero-order valence-electron chi connectivity index (χ0n) is 5.21. The minimum atomic E-state index is 0. The smallest absolute Gasteiger partial charge is 0.0584 e. The SMILES string of the molecule is Cl.OCC1C[C@@H]2C[C@H]2N1. The minimum Gasteiger partial charge on any atom is -0.395 e. The lowest BCUT2D eigenvalue weighted by molar-refractivity contribution is 0.246. The van der Waals surface area contributed by atoms with E-state index in [2.05, 4.69) is 5.32 Å². The number of piperidine rings is 1. The van der Waals surface area contributed by atoms with Crippen LogP contribution in [0.4, 0.5) is 0 Å². The fraction of sp³-hybridized carbons (Fsp3) is 1.00. The van der Waals surface area contributed by atoms with E-state index in [0.717, 1.165) is 12.0 Å². The van der Waals surface area contributed by atoms with Gasteiger partial charge in [0, 0.05) is 12.1 Å². The van der Waals surface area contributed by atoms with Gasteiger partial charge in [0.2, 0.25) is 0 Å². The van der Waals surface area contributed by atoms with Gasteiger partial charge in [0.05, 0.1) is 6.61 Å². The summed E-state index contributed by atoms with van der Waals surface area (Å²) in [5.74, 6) is 0.923. The average molecular weight is 150 g/mol. The molecule has 2 aliphatic rings. The van der Waals surface area contributed by atoms with E-state index in [1.54, 1.807) is 0 Å². The highest BCUT2D eigenvalue weighted by atomic mass is 35.5. The molecule has 0 aromatic rings. The largest absolute Gasteiger partial charge is 0.395 e. The molecule has 54 valence electrons. The molecular formula is C6H12ClNO. The maximum atomic E-state index is 8.64. The second-order valence-electron chi connectivity index (χ2n) is 2.88. The van der Waals surface area contributed by atoms with Gasteiger partial charge in [-0.25, -0.2) is 0 Å². The Morgan fingerprint density at radius 3 is 2.56 bits per heavy atom. The van der Waals surface area contributed by atoms with Gasteiger partial charge >= 0.3 is 0 Å². The van der Waals surface area contributed by atoms with Crippen LogP contribution in [0.1, 0.15) is 12.8 Å². The van der Waals surface area contributed by atoms with Crippen LogP contribution < -0.4 is 5.32 Å². The third kappa shape index (κ3) is 1.20. The number of hydrogen-bond donors (Lipinski definition) is 2. The molecule has 0 aromatic carbocycles. The van der Waals surface area contributed by atoms with Gasteiger partial charge in [-0.3, -0.25) is 0 Å². The highest BCUT2D eigenvalue weighted by Crippen LogP contribution is 2.40. The number of halogens is 1. The average Bonchev–Trinajstić information content (AvgIpc) is 2.40. The van der Waals surface area contributed by atoms with E-state index < -0.39 is 0 Å². The molecule has 1 heterocycles. The van der Waals surface area contributed by atoms with Gasteiger partial charge < -0.3 is 10.4 Å². The predicted molar refractivity (Wildman–Crippen MR) is 37.8 cm³/mol. The summed E-state index contributed by atoms with van der Waals surface area (Å²) in [6, 6.07) is 1.21. The molecule has 1 unspecified atom stereocenters. The molecule has 0 aromatic heterocycles. The van der Waals surface area contributed by atoms with E-state index in [4.69, 9.17) is 5.11 Å². The zero-order valence-corrected chi connectivity index (χ0v) is 6.03. The molecule has 1 aliphatic carbocycles. The number of aliphatic hydroxyl groups is 1. The van der Waals surface area contributed by atoms with Crippen molar-refractivity contribution in [2.75, 3.05) is 6.61 Å². The normalized spacial score (nSPS) is 45.7. The fourth-order valence-corrected chi connectivity index (χ4v) is 1.58. The van der Waals surface area contributed by atoms with Crippen LogP contribution in [0.2, 0.25) is 0 Å². The summed E-state index contributed by atoms with van der Waals surface area (Å²) < 4.78 is 0. The number of rotatable bonds is 1. The van der Waals surface area contributed by atoms with Crippen molar-refractivity contribution in [1.82, 2.24) is 5.32 Å². The predicted octanol–water partition coefficient (Wildman–Crippen LogP) is 0.151. The van der Waals surface area contributed by atoms with E-state index >= 15 is 0 Å². The van der Waals surface area contributed by atoms with Crippen molar-refractivity contribution < 1.29 is 5.11 Å². The first-order valence-corrected chi connectivity index (χ1v) is 3.27. The molecule has 2 N–H and O–H groups in total. The van der Waals surface area contributed by atoms with E-state index in [-0.39, 0.29) is 12.4 Å². The van der Waals surface area contributed by atoms with E-state index in [1.807, 2.05) is 0 Å². The van der Waals surface area contributed by atoms with Gasteiger partial charge in [-0.1, -0.05) is 0 Å². The molecule has 0 spiro atoms. The molecule has 1 aliphatic heterocycles. The van der Waals surface area contributed by atoms with Crippen molar-refractivity contribution in [3.05, 3.63) is 0 Å². The highest BCUT2D eigenvalue weighted by molar-refractivity contribution is 5.85. The number of hydrogen-bond acceptors (Lipinski definition) is 2. The molecular weight excluding hydrogens is 138 g/mol. The van der Waals surface area contributed by atoms with Crippen LogP contribution in [0.25, 0.3) is 0 Å². The molecule has 0 amide bonds. The molecule has 9 heavy (non-hydrogen) atoms. The van der Waals surface area contributed by atoms with E-state index in [0.29, 0.717) is 12.6 Å². The van der Waals surface area contributed by atoms with Crippen molar-refractivity contribution in [1.29, 1.82) is 0 Å². The van der Waals surface area contributed by atoms with Crippen molar-refractivity contribution in [2.24, 2.45) is 5.92 Å². The molecule has 3 atom stereocenters. The van der Waals surface area contributed by atoms with Crippen LogP contribution in [-0.4, -0.2) is 23.8 Å². The first-order valence-electron chi connectivity index (χ1n) is 3.27. The summed E-state index contributed by atoms with van der Waals surface area (Å²) in [5.41, 5.74) is 0. The maximum Gasteiger partial charge on any atom is 0.0584 e. The third-order valence-corrected chi connectivity index (χ3v) is 2.18. The Kier molecular flexibility index (Phi) is 1.99. The van der Waals surface area contributed by atoms with Crippen molar-refractivity contribution in [2.45, 2.75) is 24.9 Å². The molecule has 0 radical (unpaired) electrons. The second kappa shape index (κ2) is 2.45. The van der Waals surface area contributed by atoms with Crippen LogP contribution in [-0.2, 0) is 0 Å². The molecule has 2 rings (SSSR count). The lowest BCUT2D eigenvalue weighted by atomic mass is 10.2. The molecule has 3 heteroatoms. The molecule has 2 fully saturated rings. The Bertz CT molecular complexity index is 99.2. The summed E-state index contributed by atoms with van der Waals surface area (Å²) in [6.45, 7) is 0.326. The van der Waals surface area contributed by atoms with Crippen LogP contribution in [0, 0.1) is 5.92 Å². The molecule has 1 saturated heterocycles. The van der Waals surface area contributed by atoms with Gasteiger partial charge in [0.1, 0.15) is 0 Å². The second-order valence-corrected chi connectivity index (χ2v) is 2.88. The van der Waals surface area contributed by atoms with E-state index in [1.165, 1.54) is 12.8 Å². The standard InChI is InChI=1S/C6H11NO.ClH/c8-3-5-1-4-2-6(4)7-5;/h4-8H,1-3H2;1H/t4-,5?,6-;/m1./s1. The lowest BCUT2D eigenvalue weighted by Gasteiger charge is -2.06. The van der Waals surface area contributed by atoms with Crippen LogP contribution in [0.5, 0.6) is 0 Å². The summed E-state index contributed by atoms with van der Waals surface area (Å²) in [4.78, 5) is 0. The first kappa shape index (κ1) is 7.32.